The zero-order valence-corrected chi connectivity index (χ0v) is 10.3. The molecule has 0 fully saturated rings. The highest BCUT2D eigenvalue weighted by molar-refractivity contribution is 5.44. The maximum Gasteiger partial charge on any atom is 0.224 e. The van der Waals surface area contributed by atoms with Crippen molar-refractivity contribution >= 4 is 11.8 Å². The molecule has 0 aliphatic rings. The largest absolute Gasteiger partial charge is 0.354 e. The molecule has 16 heavy (non-hydrogen) atoms. The van der Waals surface area contributed by atoms with E-state index in [9.17, 15) is 4.39 Å². The van der Waals surface area contributed by atoms with Crippen LogP contribution in [0.15, 0.2) is 6.20 Å². The minimum Gasteiger partial charge on any atom is -0.354 e. The van der Waals surface area contributed by atoms with Crippen molar-refractivity contribution in [1.29, 1.82) is 0 Å². The van der Waals surface area contributed by atoms with Crippen molar-refractivity contribution in [2.45, 2.75) is 33.7 Å². The zero-order chi connectivity index (χ0) is 12.1. The van der Waals surface area contributed by atoms with E-state index >= 15 is 0 Å². The first-order chi connectivity index (χ1) is 7.60. The third-order valence-electron chi connectivity index (χ3n) is 2.30. The van der Waals surface area contributed by atoms with Crippen molar-refractivity contribution in [2.24, 2.45) is 0 Å². The van der Waals surface area contributed by atoms with Gasteiger partial charge in [-0.15, -0.1) is 0 Å². The van der Waals surface area contributed by atoms with Gasteiger partial charge in [0.1, 0.15) is 0 Å². The van der Waals surface area contributed by atoms with Crippen LogP contribution in [0.5, 0.6) is 0 Å². The van der Waals surface area contributed by atoms with Crippen LogP contribution in [-0.2, 0) is 0 Å². The fraction of sp³-hybridized carbons (Fsp3) is 0.636. The first-order valence-corrected chi connectivity index (χ1v) is 5.63. The van der Waals surface area contributed by atoms with E-state index in [1.54, 1.807) is 0 Å². The van der Waals surface area contributed by atoms with Crippen LogP contribution in [0.1, 0.15) is 27.7 Å². The van der Waals surface area contributed by atoms with Crippen LogP contribution in [0, 0.1) is 5.82 Å². The summed E-state index contributed by atoms with van der Waals surface area (Å²) in [7, 11) is 0. The maximum absolute atomic E-state index is 13.6. The highest BCUT2D eigenvalue weighted by Crippen LogP contribution is 2.19. The number of nitrogens with zero attached hydrogens (tertiary/aromatic N) is 3. The van der Waals surface area contributed by atoms with Crippen LogP contribution in [0.3, 0.4) is 0 Å². The van der Waals surface area contributed by atoms with E-state index in [0.29, 0.717) is 11.8 Å². The fourth-order valence-electron chi connectivity index (χ4n) is 1.56. The number of hydrogen-bond donors (Lipinski definition) is 1. The summed E-state index contributed by atoms with van der Waals surface area (Å²) in [6, 6.07) is 0.212. The lowest BCUT2D eigenvalue weighted by molar-refractivity contribution is 0.588. The second-order valence-corrected chi connectivity index (χ2v) is 3.78. The first-order valence-electron chi connectivity index (χ1n) is 5.63. The molecule has 0 amide bonds. The highest BCUT2D eigenvalue weighted by Gasteiger charge is 2.15. The Balaban J connectivity index is 3.04. The number of aromatic nitrogens is 2. The van der Waals surface area contributed by atoms with Crippen LogP contribution in [0.2, 0.25) is 0 Å². The van der Waals surface area contributed by atoms with Crippen LogP contribution < -0.4 is 10.2 Å². The molecule has 1 aromatic rings. The average molecular weight is 226 g/mol. The molecule has 1 rings (SSSR count). The zero-order valence-electron chi connectivity index (χ0n) is 10.3. The normalized spacial score (nSPS) is 10.6. The quantitative estimate of drug-likeness (QED) is 0.836. The molecular formula is C11H19FN4. The van der Waals surface area contributed by atoms with E-state index in [2.05, 4.69) is 15.3 Å². The van der Waals surface area contributed by atoms with Gasteiger partial charge in [0.2, 0.25) is 5.95 Å². The lowest BCUT2D eigenvalue weighted by atomic mass is 10.3. The van der Waals surface area contributed by atoms with Gasteiger partial charge in [-0.2, -0.15) is 4.98 Å². The Morgan fingerprint density at radius 2 is 2.12 bits per heavy atom. The second-order valence-electron chi connectivity index (χ2n) is 3.78. The molecule has 1 aromatic heterocycles. The third-order valence-corrected chi connectivity index (χ3v) is 2.30. The molecule has 0 aromatic carbocycles. The minimum atomic E-state index is -0.378. The summed E-state index contributed by atoms with van der Waals surface area (Å²) in [5.74, 6) is 0.457. The van der Waals surface area contributed by atoms with Gasteiger partial charge in [-0.25, -0.2) is 9.37 Å². The molecule has 0 saturated carbocycles. The molecule has 0 aliphatic carbocycles. The summed E-state index contributed by atoms with van der Waals surface area (Å²) in [6.07, 6.45) is 1.21. The SMILES string of the molecule is CCNc1ncc(F)c(N(CC)C(C)C)n1. The van der Waals surface area contributed by atoms with E-state index in [-0.39, 0.29) is 11.9 Å². The fourth-order valence-corrected chi connectivity index (χ4v) is 1.56. The molecule has 0 aliphatic heterocycles. The Bertz CT molecular complexity index is 341. The predicted molar refractivity (Wildman–Crippen MR) is 64.3 cm³/mol. The monoisotopic (exact) mass is 226 g/mol. The predicted octanol–water partition coefficient (Wildman–Crippen LogP) is 2.28. The molecule has 0 bridgehead atoms. The van der Waals surface area contributed by atoms with Gasteiger partial charge in [0.05, 0.1) is 6.20 Å². The molecule has 0 saturated heterocycles. The second kappa shape index (κ2) is 5.63. The topological polar surface area (TPSA) is 41.1 Å². The third kappa shape index (κ3) is 2.81. The standard InChI is InChI=1S/C11H19FN4/c1-5-13-11-14-7-9(12)10(15-11)16(6-2)8(3)4/h7-8H,5-6H2,1-4H3,(H,13,14,15). The smallest absolute Gasteiger partial charge is 0.224 e. The van der Waals surface area contributed by atoms with Gasteiger partial charge in [0.25, 0.3) is 0 Å². The van der Waals surface area contributed by atoms with E-state index in [0.717, 1.165) is 13.1 Å². The summed E-state index contributed by atoms with van der Waals surface area (Å²) >= 11 is 0. The summed E-state index contributed by atoms with van der Waals surface area (Å²) in [5, 5.41) is 2.98. The summed E-state index contributed by atoms with van der Waals surface area (Å²) in [4.78, 5) is 9.96. The maximum atomic E-state index is 13.6. The van der Waals surface area contributed by atoms with Crippen molar-refractivity contribution in [2.75, 3.05) is 23.3 Å². The van der Waals surface area contributed by atoms with Gasteiger partial charge in [-0.1, -0.05) is 0 Å². The number of hydrogen-bond acceptors (Lipinski definition) is 4. The Morgan fingerprint density at radius 1 is 1.44 bits per heavy atom. The molecule has 90 valence electrons. The molecule has 5 heteroatoms. The molecule has 4 nitrogen and oxygen atoms in total. The molecule has 0 unspecified atom stereocenters. The Kier molecular flexibility index (Phi) is 4.46. The number of nitrogens with one attached hydrogen (secondary N) is 1. The summed E-state index contributed by atoms with van der Waals surface area (Å²) in [5.41, 5.74) is 0. The molecule has 1 N–H and O–H groups in total. The molecule has 0 spiro atoms. The first kappa shape index (κ1) is 12.7. The van der Waals surface area contributed by atoms with Crippen molar-refractivity contribution in [3.63, 3.8) is 0 Å². The minimum absolute atomic E-state index is 0.212. The average Bonchev–Trinajstić information content (AvgIpc) is 2.23. The molecule has 0 atom stereocenters. The molecule has 1 heterocycles. The van der Waals surface area contributed by atoms with Crippen molar-refractivity contribution in [3.05, 3.63) is 12.0 Å². The van der Waals surface area contributed by atoms with Crippen molar-refractivity contribution in [3.8, 4) is 0 Å². The summed E-state index contributed by atoms with van der Waals surface area (Å²) < 4.78 is 13.6. The highest BCUT2D eigenvalue weighted by atomic mass is 19.1. The Morgan fingerprint density at radius 3 is 2.62 bits per heavy atom. The number of halogens is 1. The van der Waals surface area contributed by atoms with Gasteiger partial charge in [0, 0.05) is 19.1 Å². The lowest BCUT2D eigenvalue weighted by Gasteiger charge is -2.26. The van der Waals surface area contributed by atoms with Gasteiger partial charge in [0.15, 0.2) is 11.6 Å². The van der Waals surface area contributed by atoms with Gasteiger partial charge in [-0.05, 0) is 27.7 Å². The van der Waals surface area contributed by atoms with E-state index in [4.69, 9.17) is 0 Å². The van der Waals surface area contributed by atoms with Gasteiger partial charge >= 0.3 is 0 Å². The van der Waals surface area contributed by atoms with E-state index in [1.165, 1.54) is 6.20 Å². The van der Waals surface area contributed by atoms with Crippen molar-refractivity contribution < 1.29 is 4.39 Å². The van der Waals surface area contributed by atoms with Crippen molar-refractivity contribution in [1.82, 2.24) is 9.97 Å². The summed E-state index contributed by atoms with van der Waals surface area (Å²) in [6.45, 7) is 9.40. The Labute approximate surface area is 95.9 Å². The van der Waals surface area contributed by atoms with Crippen LogP contribution in [0.4, 0.5) is 16.2 Å². The van der Waals surface area contributed by atoms with E-state index < -0.39 is 0 Å². The van der Waals surface area contributed by atoms with Gasteiger partial charge in [-0.3, -0.25) is 0 Å². The molecule has 0 radical (unpaired) electrons. The number of anilines is 2. The lowest BCUT2D eigenvalue weighted by Crippen LogP contribution is -2.32. The van der Waals surface area contributed by atoms with Crippen LogP contribution in [0.25, 0.3) is 0 Å². The van der Waals surface area contributed by atoms with E-state index in [1.807, 2.05) is 32.6 Å². The van der Waals surface area contributed by atoms with Crippen LogP contribution >= 0.6 is 0 Å². The molecular weight excluding hydrogens is 207 g/mol. The Hall–Kier alpha value is -1.39. The van der Waals surface area contributed by atoms with Crippen LogP contribution in [-0.4, -0.2) is 29.1 Å². The number of rotatable bonds is 5. The van der Waals surface area contributed by atoms with Gasteiger partial charge < -0.3 is 10.2 Å².